The minimum atomic E-state index is -0.245. The van der Waals surface area contributed by atoms with E-state index in [0.717, 1.165) is 24.2 Å². The minimum absolute atomic E-state index is 0.0804. The molecule has 0 spiro atoms. The predicted molar refractivity (Wildman–Crippen MR) is 68.6 cm³/mol. The molecule has 2 atom stereocenters. The number of hydrogen-bond acceptors (Lipinski definition) is 3. The van der Waals surface area contributed by atoms with Gasteiger partial charge in [0, 0.05) is 25.3 Å². The van der Waals surface area contributed by atoms with Gasteiger partial charge >= 0.3 is 0 Å². The lowest BCUT2D eigenvalue weighted by Gasteiger charge is -2.20. The first-order valence-corrected chi connectivity index (χ1v) is 5.75. The van der Waals surface area contributed by atoms with Crippen LogP contribution in [-0.2, 0) is 0 Å². The summed E-state index contributed by atoms with van der Waals surface area (Å²) in [6.45, 7) is 4.65. The van der Waals surface area contributed by atoms with Crippen molar-refractivity contribution in [3.05, 3.63) is 29.8 Å². The standard InChI is InChI=1S/C13H22N2O/c1-10(16)8-9-15(3)13-6-4-12(5-7-13)11(2)14/h4-7,10-11,16H,8-9,14H2,1-3H3. The Balaban J connectivity index is 2.59. The van der Waals surface area contributed by atoms with E-state index in [0.29, 0.717) is 0 Å². The maximum Gasteiger partial charge on any atom is 0.0528 e. The summed E-state index contributed by atoms with van der Waals surface area (Å²) < 4.78 is 0. The average Bonchev–Trinajstić information content (AvgIpc) is 2.26. The van der Waals surface area contributed by atoms with Crippen molar-refractivity contribution < 1.29 is 5.11 Å². The molecule has 0 aliphatic carbocycles. The Morgan fingerprint density at radius 3 is 2.25 bits per heavy atom. The molecule has 2 unspecified atom stereocenters. The van der Waals surface area contributed by atoms with E-state index in [4.69, 9.17) is 5.73 Å². The molecule has 1 aromatic carbocycles. The molecule has 0 aromatic heterocycles. The molecule has 0 heterocycles. The Labute approximate surface area is 97.9 Å². The van der Waals surface area contributed by atoms with E-state index >= 15 is 0 Å². The summed E-state index contributed by atoms with van der Waals surface area (Å²) in [6.07, 6.45) is 0.539. The summed E-state index contributed by atoms with van der Waals surface area (Å²) >= 11 is 0. The van der Waals surface area contributed by atoms with Crippen molar-refractivity contribution in [2.45, 2.75) is 32.4 Å². The van der Waals surface area contributed by atoms with Gasteiger partial charge < -0.3 is 15.7 Å². The maximum absolute atomic E-state index is 9.22. The van der Waals surface area contributed by atoms with E-state index in [9.17, 15) is 5.11 Å². The first kappa shape index (κ1) is 13.0. The number of hydrogen-bond donors (Lipinski definition) is 2. The first-order valence-electron chi connectivity index (χ1n) is 5.75. The van der Waals surface area contributed by atoms with Crippen LogP contribution >= 0.6 is 0 Å². The van der Waals surface area contributed by atoms with Crippen LogP contribution in [0.25, 0.3) is 0 Å². The Morgan fingerprint density at radius 1 is 1.25 bits per heavy atom. The number of rotatable bonds is 5. The Bertz CT molecular complexity index is 306. The highest BCUT2D eigenvalue weighted by molar-refractivity contribution is 5.47. The highest BCUT2D eigenvalue weighted by atomic mass is 16.3. The highest BCUT2D eigenvalue weighted by Gasteiger charge is 2.04. The number of nitrogens with two attached hydrogens (primary N) is 1. The quantitative estimate of drug-likeness (QED) is 0.800. The van der Waals surface area contributed by atoms with Gasteiger partial charge in [-0.3, -0.25) is 0 Å². The third-order valence-corrected chi connectivity index (χ3v) is 2.74. The first-order chi connectivity index (χ1) is 7.50. The zero-order valence-corrected chi connectivity index (χ0v) is 10.4. The molecule has 90 valence electrons. The molecular weight excluding hydrogens is 200 g/mol. The van der Waals surface area contributed by atoms with Crippen LogP contribution in [0.2, 0.25) is 0 Å². The normalized spacial score (nSPS) is 14.6. The predicted octanol–water partition coefficient (Wildman–Crippen LogP) is 1.91. The summed E-state index contributed by atoms with van der Waals surface area (Å²) in [5.74, 6) is 0. The molecule has 16 heavy (non-hydrogen) atoms. The second-order valence-electron chi connectivity index (χ2n) is 4.44. The zero-order chi connectivity index (χ0) is 12.1. The smallest absolute Gasteiger partial charge is 0.0528 e. The lowest BCUT2D eigenvalue weighted by molar-refractivity contribution is 0.187. The molecule has 0 saturated heterocycles. The zero-order valence-electron chi connectivity index (χ0n) is 10.4. The van der Waals surface area contributed by atoms with Crippen LogP contribution in [0.5, 0.6) is 0 Å². The summed E-state index contributed by atoms with van der Waals surface area (Å²) in [5, 5.41) is 9.22. The van der Waals surface area contributed by atoms with Gasteiger partial charge in [0.05, 0.1) is 6.10 Å². The molecule has 0 saturated carbocycles. The summed E-state index contributed by atoms with van der Waals surface area (Å²) in [4.78, 5) is 2.14. The van der Waals surface area contributed by atoms with E-state index in [2.05, 4.69) is 29.2 Å². The molecule has 3 nitrogen and oxygen atoms in total. The van der Waals surface area contributed by atoms with Gasteiger partial charge in [0.2, 0.25) is 0 Å². The second-order valence-corrected chi connectivity index (χ2v) is 4.44. The molecule has 0 aliphatic heterocycles. The van der Waals surface area contributed by atoms with Crippen LogP contribution in [0.4, 0.5) is 5.69 Å². The molecule has 1 aromatic rings. The number of aliphatic hydroxyl groups excluding tert-OH is 1. The molecule has 0 fully saturated rings. The summed E-state index contributed by atoms with van der Waals surface area (Å²) in [7, 11) is 2.03. The maximum atomic E-state index is 9.22. The van der Waals surface area contributed by atoms with Crippen molar-refractivity contribution in [3.8, 4) is 0 Å². The molecule has 1 rings (SSSR count). The van der Waals surface area contributed by atoms with E-state index in [-0.39, 0.29) is 12.1 Å². The van der Waals surface area contributed by atoms with Gasteiger partial charge in [-0.25, -0.2) is 0 Å². The van der Waals surface area contributed by atoms with Crippen LogP contribution in [-0.4, -0.2) is 24.8 Å². The SMILES string of the molecule is CC(O)CCN(C)c1ccc(C(C)N)cc1. The molecule has 0 aliphatic rings. The third kappa shape index (κ3) is 3.83. The van der Waals surface area contributed by atoms with E-state index in [1.54, 1.807) is 0 Å². The van der Waals surface area contributed by atoms with Crippen LogP contribution in [0.15, 0.2) is 24.3 Å². The van der Waals surface area contributed by atoms with E-state index in [1.807, 2.05) is 20.9 Å². The number of anilines is 1. The summed E-state index contributed by atoms with van der Waals surface area (Å²) in [5.41, 5.74) is 8.10. The average molecular weight is 222 g/mol. The van der Waals surface area contributed by atoms with Crippen molar-refractivity contribution in [3.63, 3.8) is 0 Å². The monoisotopic (exact) mass is 222 g/mol. The highest BCUT2D eigenvalue weighted by Crippen LogP contribution is 2.17. The van der Waals surface area contributed by atoms with Gasteiger partial charge in [0.1, 0.15) is 0 Å². The Kier molecular flexibility index (Phi) is 4.77. The van der Waals surface area contributed by atoms with Crippen LogP contribution in [0, 0.1) is 0 Å². The fraction of sp³-hybridized carbons (Fsp3) is 0.538. The van der Waals surface area contributed by atoms with Crippen LogP contribution < -0.4 is 10.6 Å². The minimum Gasteiger partial charge on any atom is -0.393 e. The molecule has 0 bridgehead atoms. The fourth-order valence-electron chi connectivity index (χ4n) is 1.54. The Morgan fingerprint density at radius 2 is 1.81 bits per heavy atom. The van der Waals surface area contributed by atoms with Crippen LogP contribution in [0.3, 0.4) is 0 Å². The lowest BCUT2D eigenvalue weighted by Crippen LogP contribution is -2.21. The van der Waals surface area contributed by atoms with Gasteiger partial charge in [-0.2, -0.15) is 0 Å². The lowest BCUT2D eigenvalue weighted by atomic mass is 10.1. The number of nitrogens with zero attached hydrogens (tertiary/aromatic N) is 1. The Hall–Kier alpha value is -1.06. The van der Waals surface area contributed by atoms with Crippen molar-refractivity contribution >= 4 is 5.69 Å². The van der Waals surface area contributed by atoms with Crippen molar-refractivity contribution in [2.24, 2.45) is 5.73 Å². The third-order valence-electron chi connectivity index (χ3n) is 2.74. The molecule has 3 heteroatoms. The van der Waals surface area contributed by atoms with Crippen LogP contribution in [0.1, 0.15) is 31.9 Å². The van der Waals surface area contributed by atoms with Gasteiger partial charge in [-0.1, -0.05) is 12.1 Å². The molecule has 3 N–H and O–H groups in total. The number of aliphatic hydroxyl groups is 1. The molecular formula is C13H22N2O. The van der Waals surface area contributed by atoms with Crippen molar-refractivity contribution in [1.82, 2.24) is 0 Å². The van der Waals surface area contributed by atoms with Gasteiger partial charge in [0.15, 0.2) is 0 Å². The van der Waals surface area contributed by atoms with Gasteiger partial charge in [-0.05, 0) is 38.0 Å². The topological polar surface area (TPSA) is 49.5 Å². The number of benzene rings is 1. The van der Waals surface area contributed by atoms with E-state index < -0.39 is 0 Å². The van der Waals surface area contributed by atoms with Crippen molar-refractivity contribution in [2.75, 3.05) is 18.5 Å². The second kappa shape index (κ2) is 5.87. The van der Waals surface area contributed by atoms with E-state index in [1.165, 1.54) is 0 Å². The molecule has 0 amide bonds. The molecule has 0 radical (unpaired) electrons. The van der Waals surface area contributed by atoms with Gasteiger partial charge in [0.25, 0.3) is 0 Å². The largest absolute Gasteiger partial charge is 0.393 e. The van der Waals surface area contributed by atoms with Gasteiger partial charge in [-0.15, -0.1) is 0 Å². The fourth-order valence-corrected chi connectivity index (χ4v) is 1.54. The summed E-state index contributed by atoms with van der Waals surface area (Å²) in [6, 6.07) is 8.33. The van der Waals surface area contributed by atoms with Crippen molar-refractivity contribution in [1.29, 1.82) is 0 Å².